The van der Waals surface area contributed by atoms with Gasteiger partial charge in [-0.1, -0.05) is 13.3 Å². The van der Waals surface area contributed by atoms with Crippen molar-refractivity contribution < 1.29 is 17.9 Å². The molecule has 1 rings (SSSR count). The second-order valence-corrected chi connectivity index (χ2v) is 6.16. The fourth-order valence-corrected chi connectivity index (χ4v) is 2.12. The first-order valence-corrected chi connectivity index (χ1v) is 7.73. The molecule has 108 valence electrons. The summed E-state index contributed by atoms with van der Waals surface area (Å²) in [5.74, 6) is -0.531. The molecule has 0 unspecified atom stereocenters. The Morgan fingerprint density at radius 3 is 2.58 bits per heavy atom. The monoisotopic (exact) mass is 288 g/mol. The molecular formula is C12H20N2O4S. The van der Waals surface area contributed by atoms with E-state index >= 15 is 0 Å². The van der Waals surface area contributed by atoms with Crippen LogP contribution in [-0.2, 0) is 14.8 Å². The van der Waals surface area contributed by atoms with Gasteiger partial charge in [0.1, 0.15) is 10.6 Å². The van der Waals surface area contributed by atoms with Crippen LogP contribution in [0.1, 0.15) is 50.1 Å². The predicted octanol–water partition coefficient (Wildman–Crippen LogP) is 1.67. The van der Waals surface area contributed by atoms with Gasteiger partial charge in [-0.2, -0.15) is 0 Å². The van der Waals surface area contributed by atoms with E-state index in [4.69, 9.17) is 9.88 Å². The van der Waals surface area contributed by atoms with E-state index in [1.54, 1.807) is 4.57 Å². The number of hydrogen-bond donors (Lipinski definition) is 1. The molecule has 0 amide bonds. The summed E-state index contributed by atoms with van der Waals surface area (Å²) in [5.41, 5.74) is 0.204. The lowest BCUT2D eigenvalue weighted by Gasteiger charge is -2.11. The lowest BCUT2D eigenvalue weighted by molar-refractivity contribution is 0.0485. The van der Waals surface area contributed by atoms with Crippen LogP contribution in [0.5, 0.6) is 0 Å². The predicted molar refractivity (Wildman–Crippen MR) is 71.4 cm³/mol. The molecule has 7 heteroatoms. The van der Waals surface area contributed by atoms with E-state index in [2.05, 4.69) is 0 Å². The van der Waals surface area contributed by atoms with Gasteiger partial charge in [0.15, 0.2) is 0 Å². The van der Waals surface area contributed by atoms with Crippen molar-refractivity contribution in [1.29, 1.82) is 0 Å². The number of sulfonamides is 1. The molecule has 0 atom stereocenters. The van der Waals surface area contributed by atoms with Crippen LogP contribution in [0.25, 0.3) is 0 Å². The van der Waals surface area contributed by atoms with Crippen LogP contribution >= 0.6 is 0 Å². The van der Waals surface area contributed by atoms with Crippen LogP contribution in [0.3, 0.4) is 0 Å². The van der Waals surface area contributed by atoms with Gasteiger partial charge in [-0.25, -0.2) is 18.4 Å². The molecule has 0 aliphatic carbocycles. The Morgan fingerprint density at radius 2 is 2.11 bits per heavy atom. The molecule has 0 bridgehead atoms. The number of primary sulfonamides is 1. The van der Waals surface area contributed by atoms with Gasteiger partial charge in [-0.3, -0.25) is 0 Å². The molecule has 1 heterocycles. The summed E-state index contributed by atoms with van der Waals surface area (Å²) in [6.07, 6.45) is 3.05. The molecule has 0 fully saturated rings. The van der Waals surface area contributed by atoms with E-state index in [1.165, 1.54) is 12.3 Å². The lowest BCUT2D eigenvalue weighted by atomic mass is 10.3. The summed E-state index contributed by atoms with van der Waals surface area (Å²) in [4.78, 5) is 11.8. The number of esters is 1. The number of aromatic nitrogens is 1. The van der Waals surface area contributed by atoms with Crippen LogP contribution in [0, 0.1) is 0 Å². The van der Waals surface area contributed by atoms with Crippen molar-refractivity contribution in [3.8, 4) is 0 Å². The number of unbranched alkanes of at least 4 members (excludes halogenated alkanes) is 1. The zero-order chi connectivity index (χ0) is 14.6. The number of rotatable bonds is 6. The van der Waals surface area contributed by atoms with E-state index in [0.717, 1.165) is 12.8 Å². The van der Waals surface area contributed by atoms with Crippen LogP contribution in [0.15, 0.2) is 17.2 Å². The van der Waals surface area contributed by atoms with Crippen molar-refractivity contribution >= 4 is 16.0 Å². The molecule has 1 aromatic rings. The zero-order valence-corrected chi connectivity index (χ0v) is 12.2. The molecule has 0 saturated heterocycles. The minimum absolute atomic E-state index is 0.0655. The van der Waals surface area contributed by atoms with E-state index in [0.29, 0.717) is 6.61 Å². The van der Waals surface area contributed by atoms with Gasteiger partial charge in [0.05, 0.1) is 6.61 Å². The minimum Gasteiger partial charge on any atom is -0.461 e. The Morgan fingerprint density at radius 1 is 1.47 bits per heavy atom. The number of carbonyl (C=O) groups excluding carboxylic acids is 1. The number of nitrogens with zero attached hydrogens (tertiary/aromatic N) is 1. The quantitative estimate of drug-likeness (QED) is 0.636. The molecule has 19 heavy (non-hydrogen) atoms. The van der Waals surface area contributed by atoms with Gasteiger partial charge < -0.3 is 9.30 Å². The highest BCUT2D eigenvalue weighted by atomic mass is 32.2. The Kier molecular flexibility index (Phi) is 5.13. The third-order valence-electron chi connectivity index (χ3n) is 2.65. The maximum Gasteiger partial charge on any atom is 0.354 e. The maximum atomic E-state index is 11.9. The average Bonchev–Trinajstić information content (AvgIpc) is 2.73. The summed E-state index contributed by atoms with van der Waals surface area (Å²) in [7, 11) is -3.83. The largest absolute Gasteiger partial charge is 0.461 e. The van der Waals surface area contributed by atoms with Gasteiger partial charge in [-0.05, 0) is 26.3 Å². The number of nitrogens with two attached hydrogens (primary N) is 1. The number of ether oxygens (including phenoxy) is 1. The van der Waals surface area contributed by atoms with Gasteiger partial charge in [0.2, 0.25) is 10.0 Å². The highest BCUT2D eigenvalue weighted by molar-refractivity contribution is 7.89. The summed E-state index contributed by atoms with van der Waals surface area (Å²) in [5, 5.41) is 5.07. The van der Waals surface area contributed by atoms with E-state index in [-0.39, 0.29) is 16.6 Å². The van der Waals surface area contributed by atoms with Crippen LogP contribution in [0.4, 0.5) is 0 Å². The second kappa shape index (κ2) is 6.21. The standard InChI is InChI=1S/C12H20N2O4S/c1-4-5-6-18-12(15)11-7-10(19(13,16)17)8-14(11)9(2)3/h7-9H,4-6H2,1-3H3,(H2,13,16,17). The Labute approximate surface area is 113 Å². The summed E-state index contributed by atoms with van der Waals surface area (Å²) in [6, 6.07) is 1.19. The van der Waals surface area contributed by atoms with Crippen LogP contribution in [-0.4, -0.2) is 25.6 Å². The fraction of sp³-hybridized carbons (Fsp3) is 0.583. The van der Waals surface area contributed by atoms with Gasteiger partial charge in [0.25, 0.3) is 0 Å². The lowest BCUT2D eigenvalue weighted by Crippen LogP contribution is -2.13. The van der Waals surface area contributed by atoms with Gasteiger partial charge >= 0.3 is 5.97 Å². The molecule has 0 aliphatic heterocycles. The first-order chi connectivity index (χ1) is 8.77. The third-order valence-corrected chi connectivity index (χ3v) is 3.53. The van der Waals surface area contributed by atoms with Crippen LogP contribution in [0.2, 0.25) is 0 Å². The summed E-state index contributed by atoms with van der Waals surface area (Å²) < 4.78 is 29.3. The molecule has 6 nitrogen and oxygen atoms in total. The molecule has 2 N–H and O–H groups in total. The minimum atomic E-state index is -3.83. The van der Waals surface area contributed by atoms with Crippen molar-refractivity contribution in [3.63, 3.8) is 0 Å². The summed E-state index contributed by atoms with van der Waals surface area (Å²) in [6.45, 7) is 6.00. The Balaban J connectivity index is 3.05. The molecule has 0 aliphatic rings. The van der Waals surface area contributed by atoms with Crippen LogP contribution < -0.4 is 5.14 Å². The normalized spacial score (nSPS) is 11.8. The topological polar surface area (TPSA) is 91.4 Å². The van der Waals surface area contributed by atoms with Crippen molar-refractivity contribution in [2.24, 2.45) is 5.14 Å². The van der Waals surface area contributed by atoms with Gasteiger partial charge in [0, 0.05) is 12.2 Å². The third kappa shape index (κ3) is 4.07. The smallest absolute Gasteiger partial charge is 0.354 e. The number of hydrogen-bond acceptors (Lipinski definition) is 4. The molecular weight excluding hydrogens is 268 g/mol. The zero-order valence-electron chi connectivity index (χ0n) is 11.4. The average molecular weight is 288 g/mol. The Bertz CT molecular complexity index is 546. The highest BCUT2D eigenvalue weighted by Crippen LogP contribution is 2.19. The van der Waals surface area contributed by atoms with E-state index in [1.807, 2.05) is 20.8 Å². The first-order valence-electron chi connectivity index (χ1n) is 6.19. The highest BCUT2D eigenvalue weighted by Gasteiger charge is 2.21. The first kappa shape index (κ1) is 15.7. The second-order valence-electron chi connectivity index (χ2n) is 4.60. The van der Waals surface area contributed by atoms with Crippen molar-refractivity contribution in [3.05, 3.63) is 18.0 Å². The molecule has 0 spiro atoms. The Hall–Kier alpha value is -1.34. The SMILES string of the molecule is CCCCOC(=O)c1cc(S(N)(=O)=O)cn1C(C)C. The van der Waals surface area contributed by atoms with E-state index < -0.39 is 16.0 Å². The molecule has 0 saturated carbocycles. The molecule has 1 aromatic heterocycles. The maximum absolute atomic E-state index is 11.9. The fourth-order valence-electron chi connectivity index (χ4n) is 1.58. The molecule has 0 radical (unpaired) electrons. The molecule has 0 aromatic carbocycles. The van der Waals surface area contributed by atoms with Gasteiger partial charge in [-0.15, -0.1) is 0 Å². The number of carbonyl (C=O) groups is 1. The van der Waals surface area contributed by atoms with E-state index in [9.17, 15) is 13.2 Å². The van der Waals surface area contributed by atoms with Crippen molar-refractivity contribution in [1.82, 2.24) is 4.57 Å². The van der Waals surface area contributed by atoms with Crippen molar-refractivity contribution in [2.75, 3.05) is 6.61 Å². The summed E-state index contributed by atoms with van der Waals surface area (Å²) >= 11 is 0. The van der Waals surface area contributed by atoms with Crippen molar-refractivity contribution in [2.45, 2.75) is 44.6 Å².